The Morgan fingerprint density at radius 1 is 1.57 bits per heavy atom. The van der Waals surface area contributed by atoms with Crippen LogP contribution >= 0.6 is 11.3 Å². The lowest BCUT2D eigenvalue weighted by molar-refractivity contribution is 0.0117. The predicted octanol–water partition coefficient (Wildman–Crippen LogP) is 3.27. The van der Waals surface area contributed by atoms with Gasteiger partial charge in [-0.05, 0) is 27.2 Å². The summed E-state index contributed by atoms with van der Waals surface area (Å²) in [7, 11) is 0. The molecule has 0 bridgehead atoms. The molecule has 6 heteroatoms. The third kappa shape index (κ3) is 3.13. The maximum atomic E-state index is 12.4. The van der Waals surface area contributed by atoms with E-state index in [1.54, 1.807) is 4.90 Å². The Morgan fingerprint density at radius 2 is 2.24 bits per heavy atom. The Labute approximate surface area is 129 Å². The molecule has 0 aromatic carbocycles. The molecule has 1 aromatic rings. The van der Waals surface area contributed by atoms with Crippen molar-refractivity contribution in [3.05, 3.63) is 16.0 Å². The van der Waals surface area contributed by atoms with Crippen LogP contribution < -0.4 is 5.73 Å². The number of thiophene rings is 1. The van der Waals surface area contributed by atoms with Gasteiger partial charge in [0.25, 0.3) is 0 Å². The quantitative estimate of drug-likeness (QED) is 0.863. The summed E-state index contributed by atoms with van der Waals surface area (Å²) in [6.07, 6.45) is 1.26. The second-order valence-corrected chi connectivity index (χ2v) is 7.37. The van der Waals surface area contributed by atoms with Gasteiger partial charge in [-0.15, -0.1) is 11.3 Å². The van der Waals surface area contributed by atoms with E-state index in [1.807, 2.05) is 20.8 Å². The van der Waals surface area contributed by atoms with E-state index in [0.29, 0.717) is 17.1 Å². The largest absolute Gasteiger partial charge is 0.444 e. The first-order chi connectivity index (χ1) is 9.76. The number of hydrogen-bond acceptors (Lipinski definition) is 5. The van der Waals surface area contributed by atoms with Crippen molar-refractivity contribution in [1.29, 1.82) is 5.26 Å². The van der Waals surface area contributed by atoms with Gasteiger partial charge in [0.05, 0.1) is 12.1 Å². The van der Waals surface area contributed by atoms with Crippen molar-refractivity contribution >= 4 is 22.4 Å². The van der Waals surface area contributed by atoms with E-state index in [9.17, 15) is 10.1 Å². The molecule has 0 saturated heterocycles. The van der Waals surface area contributed by atoms with E-state index in [0.717, 1.165) is 23.3 Å². The van der Waals surface area contributed by atoms with Gasteiger partial charge in [0, 0.05) is 22.9 Å². The first-order valence-corrected chi connectivity index (χ1v) is 7.88. The molecule has 0 saturated carbocycles. The topological polar surface area (TPSA) is 79.4 Å². The lowest BCUT2D eigenvalue weighted by atomic mass is 9.98. The van der Waals surface area contributed by atoms with Crippen molar-refractivity contribution in [2.24, 2.45) is 0 Å². The minimum atomic E-state index is -0.526. The van der Waals surface area contributed by atoms with Gasteiger partial charge in [-0.25, -0.2) is 4.79 Å². The molecule has 1 amide bonds. The zero-order valence-corrected chi connectivity index (χ0v) is 13.7. The van der Waals surface area contributed by atoms with Crippen molar-refractivity contribution in [2.45, 2.75) is 58.7 Å². The fourth-order valence-corrected chi connectivity index (χ4v) is 3.61. The summed E-state index contributed by atoms with van der Waals surface area (Å²) in [5, 5.41) is 9.78. The first kappa shape index (κ1) is 15.6. The molecular weight excluding hydrogens is 286 g/mol. The number of nitriles is 1. The SMILES string of the molecule is CCC1Cc2sc(N)c(C#N)c2CN1C(=O)OC(C)(C)C. The van der Waals surface area contributed by atoms with Gasteiger partial charge in [0.2, 0.25) is 0 Å². The number of nitrogen functional groups attached to an aromatic ring is 1. The molecule has 2 N–H and O–H groups in total. The van der Waals surface area contributed by atoms with Crippen LogP contribution in [0.2, 0.25) is 0 Å². The zero-order valence-electron chi connectivity index (χ0n) is 12.9. The van der Waals surface area contributed by atoms with E-state index in [-0.39, 0.29) is 12.1 Å². The molecule has 0 spiro atoms. The fourth-order valence-electron chi connectivity index (χ4n) is 2.51. The summed E-state index contributed by atoms with van der Waals surface area (Å²) < 4.78 is 5.48. The molecule has 1 atom stereocenters. The molecule has 114 valence electrons. The van der Waals surface area contributed by atoms with Gasteiger partial charge in [0.1, 0.15) is 16.7 Å². The number of amides is 1. The highest BCUT2D eigenvalue weighted by molar-refractivity contribution is 7.16. The first-order valence-electron chi connectivity index (χ1n) is 7.06. The number of carbonyl (C=O) groups is 1. The van der Waals surface area contributed by atoms with Crippen molar-refractivity contribution in [3.8, 4) is 6.07 Å². The van der Waals surface area contributed by atoms with Crippen LogP contribution in [0.1, 0.15) is 50.1 Å². The molecule has 5 nitrogen and oxygen atoms in total. The summed E-state index contributed by atoms with van der Waals surface area (Å²) in [4.78, 5) is 15.2. The van der Waals surface area contributed by atoms with E-state index < -0.39 is 5.60 Å². The summed E-state index contributed by atoms with van der Waals surface area (Å²) in [6, 6.07) is 2.24. The molecule has 1 aromatic heterocycles. The Balaban J connectivity index is 2.31. The number of anilines is 1. The van der Waals surface area contributed by atoms with Crippen LogP contribution in [-0.2, 0) is 17.7 Å². The Morgan fingerprint density at radius 3 is 2.76 bits per heavy atom. The van der Waals surface area contributed by atoms with Gasteiger partial charge in [-0.3, -0.25) is 0 Å². The minimum Gasteiger partial charge on any atom is -0.444 e. The number of rotatable bonds is 1. The minimum absolute atomic E-state index is 0.0944. The van der Waals surface area contributed by atoms with E-state index in [2.05, 4.69) is 13.0 Å². The molecule has 1 unspecified atom stereocenters. The molecule has 0 fully saturated rings. The normalized spacial score (nSPS) is 18.0. The second kappa shape index (κ2) is 5.57. The highest BCUT2D eigenvalue weighted by Crippen LogP contribution is 2.37. The van der Waals surface area contributed by atoms with Crippen molar-refractivity contribution in [2.75, 3.05) is 5.73 Å². The van der Waals surface area contributed by atoms with Gasteiger partial charge in [-0.1, -0.05) is 6.92 Å². The van der Waals surface area contributed by atoms with E-state index in [4.69, 9.17) is 10.5 Å². The van der Waals surface area contributed by atoms with Crippen LogP contribution in [0, 0.1) is 11.3 Å². The number of hydrogen-bond donors (Lipinski definition) is 1. The molecule has 1 aliphatic heterocycles. The van der Waals surface area contributed by atoms with E-state index in [1.165, 1.54) is 11.3 Å². The number of ether oxygens (including phenoxy) is 1. The molecule has 2 heterocycles. The van der Waals surface area contributed by atoms with Crippen LogP contribution in [0.4, 0.5) is 9.80 Å². The third-order valence-corrected chi connectivity index (χ3v) is 4.60. The molecule has 0 aliphatic carbocycles. The molecular formula is C15H21N3O2S. The lowest BCUT2D eigenvalue weighted by Gasteiger charge is -2.36. The van der Waals surface area contributed by atoms with Gasteiger partial charge in [0.15, 0.2) is 0 Å². The fraction of sp³-hybridized carbons (Fsp3) is 0.600. The number of fused-ring (bicyclic) bond motifs is 1. The van der Waals surface area contributed by atoms with Crippen LogP contribution in [0.25, 0.3) is 0 Å². The Kier molecular flexibility index (Phi) is 4.15. The highest BCUT2D eigenvalue weighted by Gasteiger charge is 2.34. The van der Waals surface area contributed by atoms with Crippen molar-refractivity contribution < 1.29 is 9.53 Å². The average molecular weight is 307 g/mol. The van der Waals surface area contributed by atoms with E-state index >= 15 is 0 Å². The van der Waals surface area contributed by atoms with Gasteiger partial charge in [-0.2, -0.15) is 5.26 Å². The molecule has 2 rings (SSSR count). The summed E-state index contributed by atoms with van der Waals surface area (Å²) in [6.45, 7) is 8.01. The number of nitrogens with two attached hydrogens (primary N) is 1. The van der Waals surface area contributed by atoms with Crippen molar-refractivity contribution in [3.63, 3.8) is 0 Å². The summed E-state index contributed by atoms with van der Waals surface area (Å²) >= 11 is 1.46. The van der Waals surface area contributed by atoms with Crippen LogP contribution in [0.3, 0.4) is 0 Å². The molecule has 1 aliphatic rings. The van der Waals surface area contributed by atoms with Crippen LogP contribution in [0.15, 0.2) is 0 Å². The second-order valence-electron chi connectivity index (χ2n) is 6.23. The summed E-state index contributed by atoms with van der Waals surface area (Å²) in [5.41, 5.74) is 6.77. The van der Waals surface area contributed by atoms with Crippen LogP contribution in [-0.4, -0.2) is 22.6 Å². The van der Waals surface area contributed by atoms with Gasteiger partial charge < -0.3 is 15.4 Å². The third-order valence-electron chi connectivity index (χ3n) is 3.52. The molecule has 0 radical (unpaired) electrons. The Bertz CT molecular complexity index is 595. The lowest BCUT2D eigenvalue weighted by Crippen LogP contribution is -2.46. The van der Waals surface area contributed by atoms with Gasteiger partial charge >= 0.3 is 6.09 Å². The Hall–Kier alpha value is -1.74. The predicted molar refractivity (Wildman–Crippen MR) is 83.0 cm³/mol. The number of nitrogens with zero attached hydrogens (tertiary/aromatic N) is 2. The monoisotopic (exact) mass is 307 g/mol. The zero-order chi connectivity index (χ0) is 15.8. The summed E-state index contributed by atoms with van der Waals surface area (Å²) in [5.74, 6) is 0. The maximum absolute atomic E-state index is 12.4. The standard InChI is InChI=1S/C15H21N3O2S/c1-5-9-6-12-11(10(7-16)13(17)21-12)8-18(9)14(19)20-15(2,3)4/h9H,5-6,8,17H2,1-4H3. The van der Waals surface area contributed by atoms with Crippen molar-refractivity contribution in [1.82, 2.24) is 4.90 Å². The maximum Gasteiger partial charge on any atom is 0.410 e. The average Bonchev–Trinajstić information content (AvgIpc) is 2.69. The molecule has 21 heavy (non-hydrogen) atoms. The highest BCUT2D eigenvalue weighted by atomic mass is 32.1. The smallest absolute Gasteiger partial charge is 0.410 e. The van der Waals surface area contributed by atoms with Crippen LogP contribution in [0.5, 0.6) is 0 Å². The number of carbonyl (C=O) groups excluding carboxylic acids is 1.